The Labute approximate surface area is 563 Å². The molecule has 3 aliphatic carbocycles. The third-order valence-corrected chi connectivity index (χ3v) is 16.9. The van der Waals surface area contributed by atoms with Crippen molar-refractivity contribution in [2.75, 3.05) is 6.61 Å². The van der Waals surface area contributed by atoms with Gasteiger partial charge in [0.15, 0.2) is 5.90 Å². The number of ether oxygens (including phenoxy) is 1. The Bertz CT molecular complexity index is 2980. The van der Waals surface area contributed by atoms with Gasteiger partial charge in [-0.05, 0) is 152 Å². The molecular weight excluding hydrogens is 1570 g/mol. The van der Waals surface area contributed by atoms with E-state index in [9.17, 15) is 105 Å². The van der Waals surface area contributed by atoms with Crippen molar-refractivity contribution in [3.8, 4) is 0 Å². The van der Waals surface area contributed by atoms with Gasteiger partial charge in [0.1, 0.15) is 12.8 Å². The number of hydrogen-bond acceptors (Lipinski definition) is 2. The third-order valence-electron chi connectivity index (χ3n) is 14.4. The molecule has 1 atom stereocenters. The van der Waals surface area contributed by atoms with Crippen LogP contribution in [-0.4, -0.2) is 24.7 Å². The van der Waals surface area contributed by atoms with Crippen LogP contribution in [0.1, 0.15) is 77.1 Å². The number of hydrogen-bond donors (Lipinski definition) is 0. The molecule has 0 amide bonds. The minimum absolute atomic E-state index is 0. The Hall–Kier alpha value is -5.23. The summed E-state index contributed by atoms with van der Waals surface area (Å²) in [6, 6.07) is 12.9. The van der Waals surface area contributed by atoms with Crippen LogP contribution in [0.4, 0.5) is 105 Å². The fraction of sp³-hybridized carbons (Fsp3) is 0.227. The molecule has 15 radical (unpaired) electrons. The fourth-order valence-electron chi connectivity index (χ4n) is 10.2. The second-order valence-corrected chi connectivity index (χ2v) is 23.4. The molecule has 10 rings (SSSR count). The molecule has 0 spiro atoms. The van der Waals surface area contributed by atoms with Crippen LogP contribution in [0.25, 0.3) is 0 Å². The molecule has 0 bridgehead atoms. The normalized spacial score (nSPS) is 17.2. The van der Waals surface area contributed by atoms with Crippen LogP contribution >= 0.6 is 7.92 Å². The number of halogens is 24. The molecule has 96 heavy (non-hydrogen) atoms. The quantitative estimate of drug-likeness (QED) is 0.0845. The maximum atomic E-state index is 14.2. The van der Waals surface area contributed by atoms with E-state index in [2.05, 4.69) is 118 Å². The maximum absolute atomic E-state index is 14.2. The maximum Gasteiger partial charge on any atom is 2.00 e. The van der Waals surface area contributed by atoms with E-state index < -0.39 is 203 Å². The zero-order valence-corrected chi connectivity index (χ0v) is 53.3. The van der Waals surface area contributed by atoms with Crippen LogP contribution in [0.2, 0.25) is 0 Å². The number of benzene rings is 6. The monoisotopic (exact) mass is 1620 g/mol. The SMILES string of the molecule is C[C@H]1COC([C]2[CH][CH][CH][C]2P(c2ccccc2)c2ccccc2)=N1.FC(F)(F)c1cc([B-](c2cc(C(F)(F)F)cc(C(F)(F)F)c2)(c2cc(C(F)(F)F)cc(C(F)(F)F)c2)c2cc(C(F)(F)F)cc(C(F)(F)F)c2)cc(C(F)(F)F)c1.[CH]1[CH]CC[CH][CH]CC1.[CH]1[CH][CH][CH][CH]1.[Fe+2].[Ir]. The first-order valence-electron chi connectivity index (χ1n) is 27.8. The van der Waals surface area contributed by atoms with E-state index in [-0.39, 0.29) is 43.2 Å². The summed E-state index contributed by atoms with van der Waals surface area (Å²) in [5.74, 6) is 1.93. The van der Waals surface area contributed by atoms with E-state index in [1.54, 1.807) is 0 Å². The Morgan fingerprint density at radius 3 is 0.833 bits per heavy atom. The van der Waals surface area contributed by atoms with Gasteiger partial charge in [0.25, 0.3) is 0 Å². The van der Waals surface area contributed by atoms with Gasteiger partial charge in [0.05, 0.1) is 56.5 Å². The van der Waals surface area contributed by atoms with Gasteiger partial charge in [-0.15, -0.1) is 0 Å². The molecule has 6 aromatic carbocycles. The van der Waals surface area contributed by atoms with Gasteiger partial charge in [-0.25, -0.2) is 4.99 Å². The largest absolute Gasteiger partial charge is 2.00 e. The van der Waals surface area contributed by atoms with E-state index >= 15 is 0 Å². The second kappa shape index (κ2) is 32.8. The van der Waals surface area contributed by atoms with Crippen molar-refractivity contribution < 1.29 is 147 Å². The van der Waals surface area contributed by atoms with Crippen LogP contribution in [0, 0.1) is 88.6 Å². The van der Waals surface area contributed by atoms with Crippen molar-refractivity contribution >= 4 is 52.4 Å². The summed E-state index contributed by atoms with van der Waals surface area (Å²) in [4.78, 5) is 4.67. The average Bonchev–Trinajstić information content (AvgIpc) is 1.26. The summed E-state index contributed by atoms with van der Waals surface area (Å²) in [6.45, 7) is 2.77. The molecule has 0 N–H and O–H groups in total. The van der Waals surface area contributed by atoms with Crippen LogP contribution in [0.15, 0.2) is 138 Å². The molecule has 30 heteroatoms. The zero-order chi connectivity index (χ0) is 69.5. The van der Waals surface area contributed by atoms with E-state index in [4.69, 9.17) is 4.74 Å². The molecule has 1 heterocycles. The first kappa shape index (κ1) is 81.4. The fourth-order valence-corrected chi connectivity index (χ4v) is 12.7. The van der Waals surface area contributed by atoms with Gasteiger partial charge in [0.2, 0.25) is 0 Å². The summed E-state index contributed by atoms with van der Waals surface area (Å²) in [6.07, 6.45) is -24.3. The van der Waals surface area contributed by atoms with Gasteiger partial charge in [-0.3, -0.25) is 0 Å². The summed E-state index contributed by atoms with van der Waals surface area (Å²) in [5, 5.41) is 2.69. The predicted molar refractivity (Wildman–Crippen MR) is 309 cm³/mol. The molecule has 4 aliphatic rings. The van der Waals surface area contributed by atoms with Gasteiger partial charge >= 0.3 is 66.5 Å². The number of rotatable bonds is 8. The first-order valence-corrected chi connectivity index (χ1v) is 29.1. The minimum atomic E-state index is -6.13. The van der Waals surface area contributed by atoms with Gasteiger partial charge < -0.3 is 4.74 Å². The molecule has 3 saturated carbocycles. The molecule has 0 unspecified atom stereocenters. The number of aliphatic imine (C=N–C) groups is 1. The van der Waals surface area contributed by atoms with Crippen molar-refractivity contribution in [3.63, 3.8) is 0 Å². The number of alkyl halides is 24. The topological polar surface area (TPSA) is 21.6 Å². The predicted octanol–water partition coefficient (Wildman–Crippen LogP) is 18.3. The van der Waals surface area contributed by atoms with Crippen molar-refractivity contribution in [2.45, 2.75) is 88.1 Å². The molecule has 515 valence electrons. The van der Waals surface area contributed by atoms with E-state index in [1.807, 2.05) is 32.1 Å². The Morgan fingerprint density at radius 2 is 0.615 bits per heavy atom. The van der Waals surface area contributed by atoms with Gasteiger partial charge in [0, 0.05) is 25.8 Å². The summed E-state index contributed by atoms with van der Waals surface area (Å²) >= 11 is 0. The van der Waals surface area contributed by atoms with Gasteiger partial charge in [-0.2, -0.15) is 127 Å². The van der Waals surface area contributed by atoms with E-state index in [0.29, 0.717) is 6.61 Å². The Balaban J connectivity index is 0.000000343. The zero-order valence-electron chi connectivity index (χ0n) is 48.9. The molecule has 3 fully saturated rings. The van der Waals surface area contributed by atoms with Crippen LogP contribution in [0.3, 0.4) is 0 Å². The van der Waals surface area contributed by atoms with E-state index in [0.717, 1.165) is 11.8 Å². The summed E-state index contributed by atoms with van der Waals surface area (Å²) < 4.78 is 347. The van der Waals surface area contributed by atoms with E-state index in [1.165, 1.54) is 42.0 Å². The summed E-state index contributed by atoms with van der Waals surface area (Å²) in [7, 11) is -0.621. The number of nitrogens with zero attached hydrogens (tertiary/aromatic N) is 1. The Kier molecular flexibility index (Phi) is 27.9. The smallest absolute Gasteiger partial charge is 0.478 e. The molecule has 0 saturated heterocycles. The van der Waals surface area contributed by atoms with Crippen LogP contribution in [0.5, 0.6) is 0 Å². The molecule has 0 aromatic heterocycles. The standard InChI is InChI=1S/C32H12BF24.C21H19NOP.C8H12.C5H5.Fe.Ir/c34-25(35,36)13-1-14(26(37,38)39)6-21(5-13)33(22-7-15(27(40,41)42)2-16(8-22)28(43,44)45,23-9-17(29(46,47)48)3-18(10-23)30(49,50)51)24-11-19(31(52,53)54)4-20(12-24)32(55,56)57;1-16-15-23-21(22-16)19-13-8-14-20(19)24(17-9-4-2-5-10-17)18-11-6-3-7-12-18;1-2-4-6-8-7-5-3-1;1-2-4-5-3-1;;/h1-12H;2-14,16H,15H2,1H3;1-2,7-8H,3-6H2;1-5H;;/q-1;;;;+2;/t;16-;;;;/m.0..../s1. The summed E-state index contributed by atoms with van der Waals surface area (Å²) in [5.41, 5.74) is -28.9. The van der Waals surface area contributed by atoms with Crippen LogP contribution < -0.4 is 32.5 Å². The van der Waals surface area contributed by atoms with Gasteiger partial charge in [-0.1, -0.05) is 109 Å². The second-order valence-electron chi connectivity index (χ2n) is 21.2. The minimum Gasteiger partial charge on any atom is -0.478 e. The molecule has 1 aliphatic heterocycles. The van der Waals surface area contributed by atoms with Crippen molar-refractivity contribution in [1.29, 1.82) is 0 Å². The first-order chi connectivity index (χ1) is 43.6. The van der Waals surface area contributed by atoms with Crippen molar-refractivity contribution in [1.82, 2.24) is 0 Å². The third kappa shape index (κ3) is 21.4. The molecule has 2 nitrogen and oxygen atoms in total. The van der Waals surface area contributed by atoms with Crippen molar-refractivity contribution in [2.24, 2.45) is 4.99 Å². The van der Waals surface area contributed by atoms with Crippen LogP contribution in [-0.2, 0) is 91.3 Å². The molecule has 6 aromatic rings. The van der Waals surface area contributed by atoms with Crippen molar-refractivity contribution in [3.05, 3.63) is 267 Å². The molecular formula is C66H48BF24FeIrNOP+. The Morgan fingerprint density at radius 1 is 0.365 bits per heavy atom. The average molecular weight is 1620 g/mol.